The van der Waals surface area contributed by atoms with Gasteiger partial charge in [0.05, 0.1) is 23.4 Å². The predicted molar refractivity (Wildman–Crippen MR) is 141 cm³/mol. The third kappa shape index (κ3) is 4.50. The van der Waals surface area contributed by atoms with E-state index in [9.17, 15) is 18.3 Å². The van der Waals surface area contributed by atoms with Crippen molar-refractivity contribution in [2.24, 2.45) is 0 Å². The van der Waals surface area contributed by atoms with Gasteiger partial charge < -0.3 is 9.67 Å². The molecule has 3 aromatic carbocycles. The normalized spacial score (nSPS) is 11.1. The number of sulfonamides is 1. The second-order valence-corrected chi connectivity index (χ2v) is 10.7. The van der Waals surface area contributed by atoms with E-state index >= 15 is 0 Å². The van der Waals surface area contributed by atoms with Crippen LogP contribution < -0.4 is 0 Å². The molecule has 0 aliphatic rings. The lowest BCUT2D eigenvalue weighted by molar-refractivity contribution is 0.0697. The molecule has 5 rings (SSSR count). The quantitative estimate of drug-likeness (QED) is 0.238. The molecule has 0 amide bonds. The molecule has 0 spiro atoms. The van der Waals surface area contributed by atoms with Gasteiger partial charge in [0, 0.05) is 33.9 Å². The Morgan fingerprint density at radius 3 is 2.39 bits per heavy atom. The molecule has 8 heteroatoms. The molecule has 0 saturated heterocycles. The minimum atomic E-state index is -4.00. The van der Waals surface area contributed by atoms with Crippen LogP contribution in [0.1, 0.15) is 21.5 Å². The van der Waals surface area contributed by atoms with Crippen molar-refractivity contribution in [2.75, 3.05) is 0 Å². The van der Waals surface area contributed by atoms with Crippen LogP contribution in [0.15, 0.2) is 108 Å². The lowest BCUT2D eigenvalue weighted by Gasteiger charge is -2.18. The fourth-order valence-corrected chi connectivity index (χ4v) is 6.60. The summed E-state index contributed by atoms with van der Waals surface area (Å²) in [5.74, 6) is 1.85. The van der Waals surface area contributed by atoms with Gasteiger partial charge in [-0.15, -0.1) is 11.3 Å². The molecular weight excluding hydrogens is 492 g/mol. The van der Waals surface area contributed by atoms with E-state index in [0.29, 0.717) is 16.6 Å². The van der Waals surface area contributed by atoms with E-state index in [-0.39, 0.29) is 17.0 Å². The fourth-order valence-electron chi connectivity index (χ4n) is 3.91. The highest BCUT2D eigenvalue weighted by Crippen LogP contribution is 2.32. The van der Waals surface area contributed by atoms with Gasteiger partial charge in [0.25, 0.3) is 10.0 Å². The van der Waals surface area contributed by atoms with E-state index in [1.165, 1.54) is 17.4 Å². The van der Waals surface area contributed by atoms with Crippen LogP contribution in [0.3, 0.4) is 0 Å². The number of nitrogens with zero attached hydrogens (tertiary/aromatic N) is 2. The molecule has 36 heavy (non-hydrogen) atoms. The first-order valence-corrected chi connectivity index (χ1v) is 13.3. The van der Waals surface area contributed by atoms with Gasteiger partial charge in [-0.05, 0) is 41.8 Å². The lowest BCUT2D eigenvalue weighted by atomic mass is 10.1. The first kappa shape index (κ1) is 23.4. The average Bonchev–Trinajstić information content (AvgIpc) is 3.57. The lowest BCUT2D eigenvalue weighted by Crippen LogP contribution is -2.26. The van der Waals surface area contributed by atoms with Gasteiger partial charge in [0.2, 0.25) is 0 Å². The average molecular weight is 513 g/mol. The number of fused-ring (bicyclic) bond motifs is 1. The highest BCUT2D eigenvalue weighted by Gasteiger charge is 2.26. The summed E-state index contributed by atoms with van der Waals surface area (Å²) < 4.78 is 31.4. The molecule has 0 radical (unpaired) electrons. The number of para-hydroxylation sites is 1. The summed E-state index contributed by atoms with van der Waals surface area (Å²) in [5.41, 5.74) is 1.62. The molecule has 5 aromatic rings. The summed E-state index contributed by atoms with van der Waals surface area (Å²) in [6, 6.07) is 27.8. The number of rotatable bonds is 6. The summed E-state index contributed by atoms with van der Waals surface area (Å²) in [6.07, 6.45) is 3.45. The zero-order chi connectivity index (χ0) is 25.1. The van der Waals surface area contributed by atoms with E-state index < -0.39 is 16.0 Å². The Labute approximate surface area is 212 Å². The Morgan fingerprint density at radius 1 is 0.917 bits per heavy atom. The standard InChI is InChI=1S/C28H20N2O4S2/c31-28(32)24-13-8-11-22(27(24)29-16-6-7-17-29)15-18-30(19-21-9-2-1-3-10-21)36(33,34)26-20-35-25-14-5-4-12-23(25)26/h1-14,16-17,20H,19H2,(H,31,32). The van der Waals surface area contributed by atoms with Crippen molar-refractivity contribution in [1.29, 1.82) is 0 Å². The van der Waals surface area contributed by atoms with Gasteiger partial charge in [-0.1, -0.05) is 54.6 Å². The smallest absolute Gasteiger partial charge is 0.337 e. The van der Waals surface area contributed by atoms with Crippen molar-refractivity contribution in [3.05, 3.63) is 119 Å². The Balaban J connectivity index is 1.65. The highest BCUT2D eigenvalue weighted by atomic mass is 32.2. The molecule has 0 aliphatic carbocycles. The van der Waals surface area contributed by atoms with Gasteiger partial charge in [-0.2, -0.15) is 0 Å². The summed E-state index contributed by atoms with van der Waals surface area (Å²) in [7, 11) is -4.00. The highest BCUT2D eigenvalue weighted by molar-refractivity contribution is 7.89. The number of aromatic carboxylic acids is 1. The van der Waals surface area contributed by atoms with Gasteiger partial charge in [-0.3, -0.25) is 0 Å². The van der Waals surface area contributed by atoms with Crippen LogP contribution in [-0.2, 0) is 16.6 Å². The molecule has 178 valence electrons. The molecule has 0 fully saturated rings. The van der Waals surface area contributed by atoms with Crippen molar-refractivity contribution >= 4 is 37.4 Å². The number of hydrogen-bond donors (Lipinski definition) is 1. The second-order valence-electron chi connectivity index (χ2n) is 7.93. The topological polar surface area (TPSA) is 79.6 Å². The Hall–Kier alpha value is -4.32. The number of carbonyl (C=O) groups is 1. The van der Waals surface area contributed by atoms with Gasteiger partial charge in [-0.25, -0.2) is 17.5 Å². The maximum atomic E-state index is 13.9. The second kappa shape index (κ2) is 9.74. The largest absolute Gasteiger partial charge is 0.478 e. The molecule has 1 N–H and O–H groups in total. The van der Waals surface area contributed by atoms with Crippen LogP contribution in [0.25, 0.3) is 15.8 Å². The molecule has 2 aromatic heterocycles. The van der Waals surface area contributed by atoms with Crippen LogP contribution in [0.4, 0.5) is 0 Å². The molecule has 0 atom stereocenters. The van der Waals surface area contributed by atoms with Gasteiger partial charge in [0.15, 0.2) is 0 Å². The van der Waals surface area contributed by atoms with Crippen molar-refractivity contribution in [2.45, 2.75) is 11.4 Å². The first-order valence-electron chi connectivity index (χ1n) is 11.0. The molecule has 2 heterocycles. The van der Waals surface area contributed by atoms with Crippen LogP contribution in [0, 0.1) is 12.0 Å². The van der Waals surface area contributed by atoms with E-state index in [4.69, 9.17) is 0 Å². The number of benzene rings is 3. The van der Waals surface area contributed by atoms with Crippen molar-refractivity contribution in [3.63, 3.8) is 0 Å². The summed E-state index contributed by atoms with van der Waals surface area (Å²) in [4.78, 5) is 12.1. The maximum absolute atomic E-state index is 13.9. The molecular formula is C28H20N2O4S2. The van der Waals surface area contributed by atoms with E-state index in [1.807, 2.05) is 48.5 Å². The van der Waals surface area contributed by atoms with Crippen LogP contribution in [0.5, 0.6) is 0 Å². The van der Waals surface area contributed by atoms with Crippen molar-refractivity contribution < 1.29 is 18.3 Å². The summed E-state index contributed by atoms with van der Waals surface area (Å²) >= 11 is 1.36. The first-order chi connectivity index (χ1) is 17.4. The summed E-state index contributed by atoms with van der Waals surface area (Å²) in [6.45, 7) is 0.0395. The minimum Gasteiger partial charge on any atom is -0.478 e. The third-order valence-electron chi connectivity index (χ3n) is 5.63. The minimum absolute atomic E-state index is 0.0395. The Bertz CT molecular complexity index is 1710. The molecule has 0 bridgehead atoms. The SMILES string of the molecule is O=C(O)c1cccc(C#CN(Cc2ccccc2)S(=O)(=O)c2csc3ccccc23)c1-n1cccc1. The number of carboxylic acid groups (broad SMARTS) is 1. The number of hydrogen-bond acceptors (Lipinski definition) is 4. The molecule has 0 aliphatic heterocycles. The van der Waals surface area contributed by atoms with Crippen molar-refractivity contribution in [3.8, 4) is 17.7 Å². The molecule has 0 unspecified atom stereocenters. The van der Waals surface area contributed by atoms with E-state index in [2.05, 4.69) is 12.0 Å². The zero-order valence-electron chi connectivity index (χ0n) is 18.9. The molecule has 6 nitrogen and oxygen atoms in total. The number of thiophene rings is 1. The van der Waals surface area contributed by atoms with Crippen LogP contribution >= 0.6 is 11.3 Å². The number of aromatic nitrogens is 1. The molecule has 0 saturated carbocycles. The number of carboxylic acids is 1. The van der Waals surface area contributed by atoms with Crippen molar-refractivity contribution in [1.82, 2.24) is 8.87 Å². The summed E-state index contributed by atoms with van der Waals surface area (Å²) in [5, 5.41) is 12.0. The van der Waals surface area contributed by atoms with Gasteiger partial charge in [0.1, 0.15) is 4.90 Å². The van der Waals surface area contributed by atoms with Crippen LogP contribution in [0.2, 0.25) is 0 Å². The third-order valence-corrected chi connectivity index (χ3v) is 8.43. The monoisotopic (exact) mass is 512 g/mol. The maximum Gasteiger partial charge on any atom is 0.337 e. The predicted octanol–water partition coefficient (Wildman–Crippen LogP) is 5.59. The van der Waals surface area contributed by atoms with Gasteiger partial charge >= 0.3 is 5.97 Å². The Morgan fingerprint density at radius 2 is 1.64 bits per heavy atom. The van der Waals surface area contributed by atoms with Crippen LogP contribution in [-0.4, -0.2) is 28.4 Å². The fraction of sp³-hybridized carbons (Fsp3) is 0.0357. The Kier molecular flexibility index (Phi) is 6.34. The zero-order valence-corrected chi connectivity index (χ0v) is 20.5. The van der Waals surface area contributed by atoms with E-state index in [1.54, 1.807) is 52.7 Å². The van der Waals surface area contributed by atoms with E-state index in [0.717, 1.165) is 14.6 Å².